The van der Waals surface area contributed by atoms with Gasteiger partial charge in [0.25, 0.3) is 0 Å². The molecule has 0 saturated carbocycles. The van der Waals surface area contributed by atoms with Crippen molar-refractivity contribution in [1.82, 2.24) is 5.32 Å². The fourth-order valence-electron chi connectivity index (χ4n) is 1.88. The molecule has 0 heterocycles. The van der Waals surface area contributed by atoms with E-state index in [9.17, 15) is 0 Å². The van der Waals surface area contributed by atoms with Crippen LogP contribution in [0.15, 0.2) is 48.5 Å². The van der Waals surface area contributed by atoms with Crippen LogP contribution in [0, 0.1) is 0 Å². The van der Waals surface area contributed by atoms with E-state index in [1.807, 2.05) is 30.3 Å². The molecule has 19 heavy (non-hydrogen) atoms. The third kappa shape index (κ3) is 4.00. The third-order valence-corrected chi connectivity index (χ3v) is 2.95. The largest absolute Gasteiger partial charge is 0.497 e. The summed E-state index contributed by atoms with van der Waals surface area (Å²) < 4.78 is 10.3. The van der Waals surface area contributed by atoms with Crippen LogP contribution in [0.4, 0.5) is 0 Å². The monoisotopic (exact) mass is 257 g/mol. The normalized spacial score (nSPS) is 10.2. The Bertz CT molecular complexity index is 508. The van der Waals surface area contributed by atoms with Gasteiger partial charge in [0.15, 0.2) is 0 Å². The molecule has 0 radical (unpaired) electrons. The van der Waals surface area contributed by atoms with Gasteiger partial charge in [0.1, 0.15) is 11.5 Å². The lowest BCUT2D eigenvalue weighted by Crippen LogP contribution is -2.12. The van der Waals surface area contributed by atoms with E-state index >= 15 is 0 Å². The number of ether oxygens (including phenoxy) is 2. The van der Waals surface area contributed by atoms with Crippen molar-refractivity contribution in [3.05, 3.63) is 59.7 Å². The molecule has 3 heteroatoms. The quantitative estimate of drug-likeness (QED) is 0.863. The van der Waals surface area contributed by atoms with E-state index < -0.39 is 0 Å². The van der Waals surface area contributed by atoms with Gasteiger partial charge >= 0.3 is 0 Å². The summed E-state index contributed by atoms with van der Waals surface area (Å²) in [4.78, 5) is 0. The molecule has 0 aliphatic carbocycles. The molecule has 0 unspecified atom stereocenters. The number of hydrogen-bond acceptors (Lipinski definition) is 3. The first-order chi connectivity index (χ1) is 9.31. The molecular formula is C16H19NO2. The Morgan fingerprint density at radius 3 is 2.16 bits per heavy atom. The zero-order valence-corrected chi connectivity index (χ0v) is 11.3. The zero-order chi connectivity index (χ0) is 13.5. The van der Waals surface area contributed by atoms with Crippen molar-refractivity contribution in [1.29, 1.82) is 0 Å². The van der Waals surface area contributed by atoms with E-state index in [0.29, 0.717) is 0 Å². The van der Waals surface area contributed by atoms with Gasteiger partial charge in [-0.15, -0.1) is 0 Å². The lowest BCUT2D eigenvalue weighted by atomic mass is 10.2. The van der Waals surface area contributed by atoms with Gasteiger partial charge in [-0.05, 0) is 35.4 Å². The van der Waals surface area contributed by atoms with Crippen LogP contribution in [-0.4, -0.2) is 14.2 Å². The van der Waals surface area contributed by atoms with Gasteiger partial charge in [-0.2, -0.15) is 0 Å². The number of nitrogens with one attached hydrogen (secondary N) is 1. The Hall–Kier alpha value is -2.00. The van der Waals surface area contributed by atoms with Gasteiger partial charge in [0.2, 0.25) is 0 Å². The minimum atomic E-state index is 0.823. The predicted molar refractivity (Wildman–Crippen MR) is 76.5 cm³/mol. The summed E-state index contributed by atoms with van der Waals surface area (Å²) in [6.07, 6.45) is 0. The van der Waals surface area contributed by atoms with Crippen molar-refractivity contribution in [3.63, 3.8) is 0 Å². The Kier molecular flexibility index (Phi) is 4.81. The second kappa shape index (κ2) is 6.81. The molecule has 3 nitrogen and oxygen atoms in total. The molecular weight excluding hydrogens is 238 g/mol. The molecule has 2 rings (SSSR count). The molecule has 2 aromatic rings. The molecule has 1 N–H and O–H groups in total. The SMILES string of the molecule is COc1ccc(CNCc2cccc(OC)c2)cc1. The molecule has 0 aliphatic heterocycles. The van der Waals surface area contributed by atoms with E-state index in [0.717, 1.165) is 24.6 Å². The molecule has 0 saturated heterocycles. The Labute approximate surface area is 114 Å². The highest BCUT2D eigenvalue weighted by Crippen LogP contribution is 2.13. The fraction of sp³-hybridized carbons (Fsp3) is 0.250. The van der Waals surface area contributed by atoms with E-state index in [4.69, 9.17) is 9.47 Å². The highest BCUT2D eigenvalue weighted by molar-refractivity contribution is 5.29. The van der Waals surface area contributed by atoms with E-state index in [2.05, 4.69) is 23.5 Å². The second-order valence-corrected chi connectivity index (χ2v) is 4.30. The summed E-state index contributed by atoms with van der Waals surface area (Å²) >= 11 is 0. The molecule has 0 bridgehead atoms. The summed E-state index contributed by atoms with van der Waals surface area (Å²) in [7, 11) is 3.36. The zero-order valence-electron chi connectivity index (χ0n) is 11.3. The molecule has 0 fully saturated rings. The minimum absolute atomic E-state index is 0.823. The van der Waals surface area contributed by atoms with Crippen LogP contribution in [0.25, 0.3) is 0 Å². The molecule has 0 amide bonds. The van der Waals surface area contributed by atoms with Gasteiger partial charge < -0.3 is 14.8 Å². The maximum Gasteiger partial charge on any atom is 0.119 e. The van der Waals surface area contributed by atoms with Gasteiger partial charge in [0, 0.05) is 13.1 Å². The summed E-state index contributed by atoms with van der Waals surface area (Å²) in [6, 6.07) is 16.2. The van der Waals surface area contributed by atoms with Gasteiger partial charge in [0.05, 0.1) is 14.2 Å². The summed E-state index contributed by atoms with van der Waals surface area (Å²) in [5.41, 5.74) is 2.46. The average molecular weight is 257 g/mol. The Balaban J connectivity index is 1.85. The predicted octanol–water partition coefficient (Wildman–Crippen LogP) is 2.99. The van der Waals surface area contributed by atoms with Crippen molar-refractivity contribution in [2.75, 3.05) is 14.2 Å². The first-order valence-electron chi connectivity index (χ1n) is 6.28. The number of benzene rings is 2. The highest BCUT2D eigenvalue weighted by atomic mass is 16.5. The van der Waals surface area contributed by atoms with Crippen molar-refractivity contribution in [3.8, 4) is 11.5 Å². The topological polar surface area (TPSA) is 30.5 Å². The summed E-state index contributed by atoms with van der Waals surface area (Å²) in [5, 5.41) is 3.41. The second-order valence-electron chi connectivity index (χ2n) is 4.30. The first-order valence-corrected chi connectivity index (χ1v) is 6.28. The van der Waals surface area contributed by atoms with Crippen LogP contribution < -0.4 is 14.8 Å². The number of methoxy groups -OCH3 is 2. The first kappa shape index (κ1) is 13.4. The van der Waals surface area contributed by atoms with Crippen LogP contribution >= 0.6 is 0 Å². The summed E-state index contributed by atoms with van der Waals surface area (Å²) in [5.74, 6) is 1.78. The van der Waals surface area contributed by atoms with Gasteiger partial charge in [-0.25, -0.2) is 0 Å². The molecule has 0 aromatic heterocycles. The Morgan fingerprint density at radius 2 is 1.47 bits per heavy atom. The van der Waals surface area contributed by atoms with Crippen LogP contribution in [0.5, 0.6) is 11.5 Å². The van der Waals surface area contributed by atoms with E-state index in [1.165, 1.54) is 11.1 Å². The van der Waals surface area contributed by atoms with E-state index in [-0.39, 0.29) is 0 Å². The summed E-state index contributed by atoms with van der Waals surface area (Å²) in [6.45, 7) is 1.66. The maximum absolute atomic E-state index is 5.20. The minimum Gasteiger partial charge on any atom is -0.497 e. The van der Waals surface area contributed by atoms with Gasteiger partial charge in [-0.1, -0.05) is 24.3 Å². The van der Waals surface area contributed by atoms with Crippen molar-refractivity contribution < 1.29 is 9.47 Å². The molecule has 0 atom stereocenters. The molecule has 0 spiro atoms. The van der Waals surface area contributed by atoms with Gasteiger partial charge in [-0.3, -0.25) is 0 Å². The van der Waals surface area contributed by atoms with Crippen molar-refractivity contribution in [2.45, 2.75) is 13.1 Å². The smallest absolute Gasteiger partial charge is 0.119 e. The molecule has 100 valence electrons. The number of rotatable bonds is 6. The van der Waals surface area contributed by atoms with Crippen LogP contribution in [0.3, 0.4) is 0 Å². The highest BCUT2D eigenvalue weighted by Gasteiger charge is 1.97. The van der Waals surface area contributed by atoms with Crippen molar-refractivity contribution in [2.24, 2.45) is 0 Å². The van der Waals surface area contributed by atoms with Crippen LogP contribution in [0.2, 0.25) is 0 Å². The van der Waals surface area contributed by atoms with Crippen LogP contribution in [-0.2, 0) is 13.1 Å². The molecule has 0 aliphatic rings. The van der Waals surface area contributed by atoms with E-state index in [1.54, 1.807) is 14.2 Å². The van der Waals surface area contributed by atoms with Crippen molar-refractivity contribution >= 4 is 0 Å². The maximum atomic E-state index is 5.20. The standard InChI is InChI=1S/C16H19NO2/c1-18-15-8-6-13(7-9-15)11-17-12-14-4-3-5-16(10-14)19-2/h3-10,17H,11-12H2,1-2H3. The lowest BCUT2D eigenvalue weighted by Gasteiger charge is -2.07. The molecule has 2 aromatic carbocycles. The fourth-order valence-corrected chi connectivity index (χ4v) is 1.88. The van der Waals surface area contributed by atoms with Crippen LogP contribution in [0.1, 0.15) is 11.1 Å². The number of hydrogen-bond donors (Lipinski definition) is 1. The third-order valence-electron chi connectivity index (χ3n) is 2.95. The lowest BCUT2D eigenvalue weighted by molar-refractivity contribution is 0.414. The Morgan fingerprint density at radius 1 is 0.789 bits per heavy atom. The average Bonchev–Trinajstić information content (AvgIpc) is 2.48.